The number of halogens is 1. The third kappa shape index (κ3) is 3.19. The van der Waals surface area contributed by atoms with Crippen LogP contribution in [0.15, 0.2) is 54.6 Å². The van der Waals surface area contributed by atoms with Gasteiger partial charge in [-0.05, 0) is 55.5 Å². The van der Waals surface area contributed by atoms with Crippen molar-refractivity contribution in [3.8, 4) is 0 Å². The van der Waals surface area contributed by atoms with Gasteiger partial charge in [0.05, 0.1) is 5.54 Å². The highest BCUT2D eigenvalue weighted by molar-refractivity contribution is 6.20. The number of hydrogen-bond acceptors (Lipinski definition) is 1. The van der Waals surface area contributed by atoms with E-state index in [1.165, 1.54) is 17.7 Å². The Morgan fingerprint density at radius 2 is 1.78 bits per heavy atom. The highest BCUT2D eigenvalue weighted by Gasteiger charge is 2.26. The molecule has 1 amide bonds. The smallest absolute Gasteiger partial charge is 0.252 e. The van der Waals surface area contributed by atoms with Crippen molar-refractivity contribution in [3.63, 3.8) is 0 Å². The van der Waals surface area contributed by atoms with Crippen LogP contribution in [0.2, 0.25) is 0 Å². The van der Waals surface area contributed by atoms with E-state index in [2.05, 4.69) is 11.4 Å². The number of carbonyl (C=O) groups is 1. The summed E-state index contributed by atoms with van der Waals surface area (Å²) in [5.41, 5.74) is 3.24. The van der Waals surface area contributed by atoms with Gasteiger partial charge in [0.1, 0.15) is 5.82 Å². The van der Waals surface area contributed by atoms with Crippen LogP contribution in [-0.4, -0.2) is 5.91 Å². The van der Waals surface area contributed by atoms with E-state index in [4.69, 9.17) is 0 Å². The summed E-state index contributed by atoms with van der Waals surface area (Å²) in [5, 5.41) is 3.07. The van der Waals surface area contributed by atoms with Gasteiger partial charge in [0, 0.05) is 5.57 Å². The van der Waals surface area contributed by atoms with E-state index in [1.807, 2.05) is 38.1 Å². The SMILES string of the molecule is CC(C)(NC(=O)C1=CCCc2ccccc21)c1ccc(F)cc1. The van der Waals surface area contributed by atoms with Crippen LogP contribution in [0.5, 0.6) is 0 Å². The number of rotatable bonds is 3. The summed E-state index contributed by atoms with van der Waals surface area (Å²) in [5.74, 6) is -0.369. The predicted octanol–water partition coefficient (Wildman–Crippen LogP) is 4.21. The Hall–Kier alpha value is -2.42. The largest absolute Gasteiger partial charge is 0.343 e. The zero-order chi connectivity index (χ0) is 16.4. The molecule has 0 spiro atoms. The quantitative estimate of drug-likeness (QED) is 0.904. The highest BCUT2D eigenvalue weighted by atomic mass is 19.1. The molecule has 3 heteroatoms. The van der Waals surface area contributed by atoms with Crippen molar-refractivity contribution in [2.75, 3.05) is 0 Å². The molecule has 0 saturated heterocycles. The topological polar surface area (TPSA) is 29.1 Å². The van der Waals surface area contributed by atoms with Gasteiger partial charge in [-0.2, -0.15) is 0 Å². The molecular weight excluding hydrogens is 289 g/mol. The van der Waals surface area contributed by atoms with Gasteiger partial charge in [-0.1, -0.05) is 42.5 Å². The summed E-state index contributed by atoms with van der Waals surface area (Å²) >= 11 is 0. The van der Waals surface area contributed by atoms with Crippen LogP contribution in [0.3, 0.4) is 0 Å². The fourth-order valence-electron chi connectivity index (χ4n) is 2.99. The van der Waals surface area contributed by atoms with Crippen molar-refractivity contribution in [1.29, 1.82) is 0 Å². The van der Waals surface area contributed by atoms with Gasteiger partial charge in [-0.25, -0.2) is 4.39 Å². The lowest BCUT2D eigenvalue weighted by Crippen LogP contribution is -2.41. The lowest BCUT2D eigenvalue weighted by atomic mass is 9.88. The average molecular weight is 309 g/mol. The molecule has 0 atom stereocenters. The van der Waals surface area contributed by atoms with Gasteiger partial charge >= 0.3 is 0 Å². The average Bonchev–Trinajstić information content (AvgIpc) is 2.54. The normalized spacial score (nSPS) is 14.0. The molecule has 0 radical (unpaired) electrons. The van der Waals surface area contributed by atoms with E-state index in [-0.39, 0.29) is 11.7 Å². The molecular formula is C20H20FNO. The Kier molecular flexibility index (Phi) is 4.03. The molecule has 1 N–H and O–H groups in total. The monoisotopic (exact) mass is 309 g/mol. The summed E-state index contributed by atoms with van der Waals surface area (Å²) < 4.78 is 13.1. The van der Waals surface area contributed by atoms with E-state index in [1.54, 1.807) is 12.1 Å². The maximum atomic E-state index is 13.1. The first-order chi connectivity index (χ1) is 11.0. The number of allylic oxidation sites excluding steroid dienone is 1. The van der Waals surface area contributed by atoms with E-state index < -0.39 is 5.54 Å². The molecule has 3 rings (SSSR count). The molecule has 1 aliphatic rings. The molecule has 2 aromatic carbocycles. The van der Waals surface area contributed by atoms with Crippen LogP contribution in [0.4, 0.5) is 4.39 Å². The summed E-state index contributed by atoms with van der Waals surface area (Å²) in [6.07, 6.45) is 3.84. The maximum absolute atomic E-state index is 13.1. The number of aryl methyl sites for hydroxylation is 1. The van der Waals surface area contributed by atoms with Gasteiger partial charge < -0.3 is 5.32 Å². The molecule has 0 unspecified atom stereocenters. The van der Waals surface area contributed by atoms with E-state index in [0.717, 1.165) is 29.5 Å². The zero-order valence-electron chi connectivity index (χ0n) is 13.4. The van der Waals surface area contributed by atoms with Crippen LogP contribution in [-0.2, 0) is 16.8 Å². The number of hydrogen-bond donors (Lipinski definition) is 1. The van der Waals surface area contributed by atoms with Gasteiger partial charge in [-0.3, -0.25) is 4.79 Å². The summed E-state index contributed by atoms with van der Waals surface area (Å²) in [4.78, 5) is 12.8. The molecule has 1 aliphatic carbocycles. The van der Waals surface area contributed by atoms with Crippen molar-refractivity contribution in [1.82, 2.24) is 5.32 Å². The molecule has 0 bridgehead atoms. The third-order valence-corrected chi connectivity index (χ3v) is 4.31. The Labute approximate surface area is 136 Å². The minimum atomic E-state index is -0.571. The number of carbonyl (C=O) groups excluding carboxylic acids is 1. The Bertz CT molecular complexity index is 759. The van der Waals surface area contributed by atoms with E-state index in [0.29, 0.717) is 0 Å². The van der Waals surface area contributed by atoms with Gasteiger partial charge in [0.25, 0.3) is 5.91 Å². The van der Waals surface area contributed by atoms with Gasteiger partial charge in [-0.15, -0.1) is 0 Å². The van der Waals surface area contributed by atoms with Crippen molar-refractivity contribution in [3.05, 3.63) is 77.1 Å². The second-order valence-electron chi connectivity index (χ2n) is 6.40. The molecule has 2 aromatic rings. The Morgan fingerprint density at radius 1 is 1.09 bits per heavy atom. The second-order valence-corrected chi connectivity index (χ2v) is 6.40. The maximum Gasteiger partial charge on any atom is 0.252 e. The molecule has 23 heavy (non-hydrogen) atoms. The van der Waals surface area contributed by atoms with Crippen LogP contribution >= 0.6 is 0 Å². The van der Waals surface area contributed by atoms with Crippen molar-refractivity contribution >= 4 is 11.5 Å². The van der Waals surface area contributed by atoms with Crippen molar-refractivity contribution < 1.29 is 9.18 Å². The molecule has 0 saturated carbocycles. The predicted molar refractivity (Wildman–Crippen MR) is 90.3 cm³/mol. The van der Waals surface area contributed by atoms with Crippen LogP contribution in [0.25, 0.3) is 5.57 Å². The number of amides is 1. The molecule has 118 valence electrons. The fraction of sp³-hybridized carbons (Fsp3) is 0.250. The summed E-state index contributed by atoms with van der Waals surface area (Å²) in [7, 11) is 0. The Balaban J connectivity index is 1.84. The molecule has 0 heterocycles. The minimum Gasteiger partial charge on any atom is -0.343 e. The van der Waals surface area contributed by atoms with Crippen LogP contribution in [0.1, 0.15) is 37.0 Å². The number of nitrogens with one attached hydrogen (secondary N) is 1. The fourth-order valence-corrected chi connectivity index (χ4v) is 2.99. The third-order valence-electron chi connectivity index (χ3n) is 4.31. The lowest BCUT2D eigenvalue weighted by molar-refractivity contribution is -0.117. The van der Waals surface area contributed by atoms with Gasteiger partial charge in [0.2, 0.25) is 0 Å². The number of benzene rings is 2. The molecule has 0 fully saturated rings. The first-order valence-electron chi connectivity index (χ1n) is 7.84. The Morgan fingerprint density at radius 3 is 2.52 bits per heavy atom. The van der Waals surface area contributed by atoms with Gasteiger partial charge in [0.15, 0.2) is 0 Å². The summed E-state index contributed by atoms with van der Waals surface area (Å²) in [6.45, 7) is 3.85. The van der Waals surface area contributed by atoms with Crippen molar-refractivity contribution in [2.24, 2.45) is 0 Å². The first-order valence-corrected chi connectivity index (χ1v) is 7.84. The number of fused-ring (bicyclic) bond motifs is 1. The lowest BCUT2D eigenvalue weighted by Gasteiger charge is -2.28. The van der Waals surface area contributed by atoms with E-state index >= 15 is 0 Å². The van der Waals surface area contributed by atoms with Crippen molar-refractivity contribution in [2.45, 2.75) is 32.2 Å². The summed E-state index contributed by atoms with van der Waals surface area (Å²) in [6, 6.07) is 14.3. The molecule has 2 nitrogen and oxygen atoms in total. The zero-order valence-corrected chi connectivity index (χ0v) is 13.4. The van der Waals surface area contributed by atoms with Crippen LogP contribution in [0, 0.1) is 5.82 Å². The standard InChI is InChI=1S/C20H20FNO/c1-20(2,15-10-12-16(21)13-11-15)22-19(23)18-9-5-7-14-6-3-4-8-17(14)18/h3-4,6,8-13H,5,7H2,1-2H3,(H,22,23). The first kappa shape index (κ1) is 15.5. The highest BCUT2D eigenvalue weighted by Crippen LogP contribution is 2.28. The molecule has 0 aliphatic heterocycles. The second kappa shape index (κ2) is 5.99. The molecule has 0 aromatic heterocycles. The minimum absolute atomic E-state index is 0.0912. The van der Waals surface area contributed by atoms with Crippen LogP contribution < -0.4 is 5.32 Å². The van der Waals surface area contributed by atoms with E-state index in [9.17, 15) is 9.18 Å².